The van der Waals surface area contributed by atoms with Crippen molar-refractivity contribution in [3.05, 3.63) is 30.4 Å². The van der Waals surface area contributed by atoms with Gasteiger partial charge in [0.15, 0.2) is 0 Å². The average molecular weight is 315 g/mol. The highest BCUT2D eigenvalue weighted by Gasteiger charge is 2.15. The van der Waals surface area contributed by atoms with Crippen molar-refractivity contribution in [2.45, 2.75) is 44.6 Å². The fourth-order valence-electron chi connectivity index (χ4n) is 2.73. The highest BCUT2D eigenvalue weighted by Crippen LogP contribution is 2.17. The van der Waals surface area contributed by atoms with E-state index in [-0.39, 0.29) is 6.03 Å². The Balaban J connectivity index is 1.42. The van der Waals surface area contributed by atoms with E-state index in [1.165, 1.54) is 19.3 Å². The molecule has 7 heteroatoms. The molecule has 2 N–H and O–H groups in total. The number of carbonyl (C=O) groups excluding carboxylic acids is 1. The zero-order valence-corrected chi connectivity index (χ0v) is 13.0. The van der Waals surface area contributed by atoms with E-state index in [0.29, 0.717) is 30.8 Å². The summed E-state index contributed by atoms with van der Waals surface area (Å²) in [5.74, 6) is 0.976. The van der Waals surface area contributed by atoms with Gasteiger partial charge in [0, 0.05) is 37.0 Å². The van der Waals surface area contributed by atoms with E-state index in [9.17, 15) is 4.79 Å². The topological polar surface area (TPSA) is 92.9 Å². The first-order chi connectivity index (χ1) is 11.3. The summed E-state index contributed by atoms with van der Waals surface area (Å²) in [6.45, 7) is 0.469. The van der Waals surface area contributed by atoms with Crippen LogP contribution in [0.5, 0.6) is 0 Å². The van der Waals surface area contributed by atoms with Crippen molar-refractivity contribution in [3.63, 3.8) is 0 Å². The van der Waals surface area contributed by atoms with Gasteiger partial charge in [0.2, 0.25) is 11.8 Å². The van der Waals surface area contributed by atoms with Crippen LogP contribution in [0.3, 0.4) is 0 Å². The van der Waals surface area contributed by atoms with Gasteiger partial charge in [0.25, 0.3) is 0 Å². The summed E-state index contributed by atoms with van der Waals surface area (Å²) in [6, 6.07) is 3.82. The van der Waals surface area contributed by atoms with Crippen molar-refractivity contribution < 1.29 is 9.21 Å². The lowest BCUT2D eigenvalue weighted by Crippen LogP contribution is -2.43. The van der Waals surface area contributed by atoms with Crippen LogP contribution in [0, 0.1) is 0 Å². The van der Waals surface area contributed by atoms with Crippen LogP contribution in [0.1, 0.15) is 38.0 Å². The summed E-state index contributed by atoms with van der Waals surface area (Å²) in [5.41, 5.74) is 0.835. The number of urea groups is 1. The zero-order chi connectivity index (χ0) is 15.9. The Labute approximate surface area is 134 Å². The van der Waals surface area contributed by atoms with Crippen molar-refractivity contribution in [2.24, 2.45) is 0 Å². The van der Waals surface area contributed by atoms with Gasteiger partial charge in [-0.05, 0) is 25.0 Å². The van der Waals surface area contributed by atoms with Crippen LogP contribution in [-0.4, -0.2) is 33.8 Å². The third kappa shape index (κ3) is 4.51. The third-order valence-electron chi connectivity index (χ3n) is 3.96. The average Bonchev–Trinajstić information content (AvgIpc) is 3.05. The monoisotopic (exact) mass is 315 g/mol. The Kier molecular flexibility index (Phi) is 5.18. The van der Waals surface area contributed by atoms with Crippen molar-refractivity contribution in [1.82, 2.24) is 25.8 Å². The van der Waals surface area contributed by atoms with Crippen LogP contribution >= 0.6 is 0 Å². The summed E-state index contributed by atoms with van der Waals surface area (Å²) >= 11 is 0. The molecule has 2 aromatic heterocycles. The molecule has 2 heterocycles. The number of nitrogens with one attached hydrogen (secondary N) is 2. The molecule has 0 spiro atoms. The number of pyridine rings is 1. The molecular weight excluding hydrogens is 294 g/mol. The minimum Gasteiger partial charge on any atom is -0.421 e. The van der Waals surface area contributed by atoms with E-state index in [1.54, 1.807) is 12.4 Å². The van der Waals surface area contributed by atoms with E-state index in [1.807, 2.05) is 12.1 Å². The van der Waals surface area contributed by atoms with Gasteiger partial charge in [0.05, 0.1) is 0 Å². The molecule has 0 aromatic carbocycles. The minimum absolute atomic E-state index is 0.120. The maximum Gasteiger partial charge on any atom is 0.315 e. The molecule has 3 rings (SSSR count). The molecule has 1 aliphatic rings. The van der Waals surface area contributed by atoms with Gasteiger partial charge >= 0.3 is 6.03 Å². The smallest absolute Gasteiger partial charge is 0.315 e. The first-order valence-corrected chi connectivity index (χ1v) is 8.08. The number of nitrogens with zero attached hydrogens (tertiary/aromatic N) is 3. The second-order valence-electron chi connectivity index (χ2n) is 5.72. The normalized spacial score (nSPS) is 15.3. The fraction of sp³-hybridized carbons (Fsp3) is 0.500. The molecule has 2 aromatic rings. The van der Waals surface area contributed by atoms with Crippen LogP contribution in [0.4, 0.5) is 4.79 Å². The number of hydrogen-bond acceptors (Lipinski definition) is 5. The van der Waals surface area contributed by atoms with Crippen molar-refractivity contribution >= 4 is 6.03 Å². The maximum atomic E-state index is 11.8. The molecule has 0 atom stereocenters. The van der Waals surface area contributed by atoms with Crippen LogP contribution in [0.25, 0.3) is 11.5 Å². The number of carbonyl (C=O) groups is 1. The van der Waals surface area contributed by atoms with Gasteiger partial charge in [0.1, 0.15) is 0 Å². The second kappa shape index (κ2) is 7.71. The lowest BCUT2D eigenvalue weighted by Gasteiger charge is -2.22. The lowest BCUT2D eigenvalue weighted by atomic mass is 9.96. The largest absolute Gasteiger partial charge is 0.421 e. The third-order valence-corrected chi connectivity index (χ3v) is 3.96. The van der Waals surface area contributed by atoms with E-state index in [4.69, 9.17) is 4.42 Å². The van der Waals surface area contributed by atoms with Gasteiger partial charge in [-0.25, -0.2) is 4.79 Å². The number of hydrogen-bond donors (Lipinski definition) is 2. The van der Waals surface area contributed by atoms with Gasteiger partial charge in [-0.2, -0.15) is 0 Å². The van der Waals surface area contributed by atoms with Crippen LogP contribution in [-0.2, 0) is 6.42 Å². The molecular formula is C16H21N5O2. The highest BCUT2D eigenvalue weighted by atomic mass is 16.4. The zero-order valence-electron chi connectivity index (χ0n) is 13.0. The standard InChI is InChI=1S/C16H21N5O2/c22-16(19-13-4-2-1-3-5-13)18-11-8-14-20-21-15(23-14)12-6-9-17-10-7-12/h6-7,9-10,13H,1-5,8,11H2,(H2,18,19,22). The van der Waals surface area contributed by atoms with E-state index >= 15 is 0 Å². The Morgan fingerprint density at radius 1 is 1.17 bits per heavy atom. The molecule has 1 fully saturated rings. The number of amides is 2. The molecule has 0 radical (unpaired) electrons. The van der Waals surface area contributed by atoms with Gasteiger partial charge < -0.3 is 15.1 Å². The van der Waals surface area contributed by atoms with Crippen LogP contribution in [0.2, 0.25) is 0 Å². The molecule has 0 unspecified atom stereocenters. The molecule has 23 heavy (non-hydrogen) atoms. The quantitative estimate of drug-likeness (QED) is 0.883. The lowest BCUT2D eigenvalue weighted by molar-refractivity contribution is 0.232. The highest BCUT2D eigenvalue weighted by molar-refractivity contribution is 5.74. The maximum absolute atomic E-state index is 11.8. The number of rotatable bonds is 5. The van der Waals surface area contributed by atoms with Crippen molar-refractivity contribution in [3.8, 4) is 11.5 Å². The Bertz CT molecular complexity index is 622. The van der Waals surface area contributed by atoms with Crippen molar-refractivity contribution in [2.75, 3.05) is 6.54 Å². The molecule has 122 valence electrons. The van der Waals surface area contributed by atoms with Crippen LogP contribution < -0.4 is 10.6 Å². The van der Waals surface area contributed by atoms with E-state index in [2.05, 4.69) is 25.8 Å². The SMILES string of the molecule is O=C(NCCc1nnc(-c2ccncc2)o1)NC1CCCCC1. The first-order valence-electron chi connectivity index (χ1n) is 8.08. The van der Waals surface area contributed by atoms with Gasteiger partial charge in [-0.1, -0.05) is 19.3 Å². The number of aromatic nitrogens is 3. The molecule has 1 saturated carbocycles. The van der Waals surface area contributed by atoms with Crippen LogP contribution in [0.15, 0.2) is 28.9 Å². The molecule has 2 amide bonds. The molecule has 0 bridgehead atoms. The summed E-state index contributed by atoms with van der Waals surface area (Å²) in [4.78, 5) is 15.8. The predicted octanol–water partition coefficient (Wildman–Crippen LogP) is 2.31. The summed E-state index contributed by atoms with van der Waals surface area (Å²) in [5, 5.41) is 13.9. The molecule has 0 saturated heterocycles. The summed E-state index contributed by atoms with van der Waals surface area (Å²) < 4.78 is 5.58. The minimum atomic E-state index is -0.120. The van der Waals surface area contributed by atoms with E-state index in [0.717, 1.165) is 18.4 Å². The second-order valence-corrected chi connectivity index (χ2v) is 5.72. The first kappa shape index (κ1) is 15.5. The Hall–Kier alpha value is -2.44. The summed E-state index contributed by atoms with van der Waals surface area (Å²) in [6.07, 6.45) is 9.69. The molecule has 1 aliphatic carbocycles. The van der Waals surface area contributed by atoms with E-state index < -0.39 is 0 Å². The summed E-state index contributed by atoms with van der Waals surface area (Å²) in [7, 11) is 0. The van der Waals surface area contributed by atoms with Crippen molar-refractivity contribution in [1.29, 1.82) is 0 Å². The molecule has 0 aliphatic heterocycles. The molecule has 7 nitrogen and oxygen atoms in total. The predicted molar refractivity (Wildman–Crippen MR) is 84.6 cm³/mol. The Morgan fingerprint density at radius 3 is 2.74 bits per heavy atom. The van der Waals surface area contributed by atoms with Gasteiger partial charge in [-0.3, -0.25) is 4.98 Å². The Morgan fingerprint density at radius 2 is 1.96 bits per heavy atom. The fourth-order valence-corrected chi connectivity index (χ4v) is 2.73. The van der Waals surface area contributed by atoms with Gasteiger partial charge in [-0.15, -0.1) is 10.2 Å².